The van der Waals surface area contributed by atoms with Crippen LogP contribution in [0.5, 0.6) is 0 Å². The average molecular weight is 594 g/mol. The first-order chi connectivity index (χ1) is 22.3. The van der Waals surface area contributed by atoms with E-state index < -0.39 is 0 Å². The lowest BCUT2D eigenvalue weighted by atomic mass is 10.0. The van der Waals surface area contributed by atoms with Crippen LogP contribution in [-0.4, -0.2) is 15.0 Å². The van der Waals surface area contributed by atoms with E-state index in [2.05, 4.69) is 133 Å². The zero-order valence-corrected chi connectivity index (χ0v) is 25.2. The molecule has 212 valence electrons. The first-order valence-corrected chi connectivity index (χ1v) is 15.8. The molecule has 0 spiro atoms. The van der Waals surface area contributed by atoms with Gasteiger partial charge in [0, 0.05) is 22.3 Å². The number of benzene rings is 6. The summed E-state index contributed by atoms with van der Waals surface area (Å²) in [5.74, 6) is 0.708. The third-order valence-electron chi connectivity index (χ3n) is 7.97. The maximum atomic E-state index is 5.06. The van der Waals surface area contributed by atoms with Crippen LogP contribution in [0.2, 0.25) is 0 Å². The van der Waals surface area contributed by atoms with Crippen molar-refractivity contribution in [3.8, 4) is 66.7 Å². The van der Waals surface area contributed by atoms with Crippen LogP contribution in [0.3, 0.4) is 0 Å². The SMILES string of the molecule is c1ccc(-c2ccc(-c3nc(-c4ccccc4)cc(-c4ccc(-c5ccc6nc(-c7ccccc7)sc6c5)cc4)n3)cc2)cc1. The lowest BCUT2D eigenvalue weighted by Gasteiger charge is -2.11. The highest BCUT2D eigenvalue weighted by Gasteiger charge is 2.12. The number of thiazole rings is 1. The molecule has 45 heavy (non-hydrogen) atoms. The van der Waals surface area contributed by atoms with Crippen molar-refractivity contribution < 1.29 is 0 Å². The van der Waals surface area contributed by atoms with Gasteiger partial charge in [0.15, 0.2) is 5.82 Å². The van der Waals surface area contributed by atoms with Crippen LogP contribution >= 0.6 is 11.3 Å². The lowest BCUT2D eigenvalue weighted by molar-refractivity contribution is 1.18. The van der Waals surface area contributed by atoms with Gasteiger partial charge in [-0.15, -0.1) is 11.3 Å². The molecule has 8 aromatic rings. The van der Waals surface area contributed by atoms with Gasteiger partial charge in [0.25, 0.3) is 0 Å². The summed E-state index contributed by atoms with van der Waals surface area (Å²) in [6.45, 7) is 0. The van der Waals surface area contributed by atoms with Crippen LogP contribution in [0.1, 0.15) is 0 Å². The van der Waals surface area contributed by atoms with Crippen molar-refractivity contribution in [2.75, 3.05) is 0 Å². The van der Waals surface area contributed by atoms with Gasteiger partial charge < -0.3 is 0 Å². The molecule has 0 bridgehead atoms. The van der Waals surface area contributed by atoms with E-state index in [1.165, 1.54) is 21.4 Å². The number of rotatable bonds is 6. The van der Waals surface area contributed by atoms with Gasteiger partial charge in [-0.25, -0.2) is 15.0 Å². The van der Waals surface area contributed by atoms with Gasteiger partial charge >= 0.3 is 0 Å². The fourth-order valence-corrected chi connectivity index (χ4v) is 6.58. The minimum absolute atomic E-state index is 0.708. The summed E-state index contributed by atoms with van der Waals surface area (Å²) in [6, 6.07) is 56.8. The van der Waals surface area contributed by atoms with Gasteiger partial charge in [-0.05, 0) is 40.5 Å². The highest BCUT2D eigenvalue weighted by atomic mass is 32.1. The van der Waals surface area contributed by atoms with E-state index in [0.717, 1.165) is 49.7 Å². The molecule has 0 N–H and O–H groups in total. The Morgan fingerprint density at radius 3 is 1.40 bits per heavy atom. The Morgan fingerprint density at radius 1 is 0.333 bits per heavy atom. The van der Waals surface area contributed by atoms with Crippen LogP contribution in [0, 0.1) is 0 Å². The highest BCUT2D eigenvalue weighted by molar-refractivity contribution is 7.21. The molecule has 3 nitrogen and oxygen atoms in total. The van der Waals surface area contributed by atoms with Gasteiger partial charge in [-0.2, -0.15) is 0 Å². The summed E-state index contributed by atoms with van der Waals surface area (Å²) in [6.07, 6.45) is 0. The van der Waals surface area contributed by atoms with Crippen LogP contribution in [0.4, 0.5) is 0 Å². The Balaban J connectivity index is 1.14. The van der Waals surface area contributed by atoms with Gasteiger partial charge in [-0.1, -0.05) is 146 Å². The quantitative estimate of drug-likeness (QED) is 0.192. The topological polar surface area (TPSA) is 38.7 Å². The minimum atomic E-state index is 0.708. The second kappa shape index (κ2) is 11.8. The second-order valence-electron chi connectivity index (χ2n) is 10.9. The van der Waals surface area contributed by atoms with Crippen LogP contribution in [0.15, 0.2) is 164 Å². The maximum Gasteiger partial charge on any atom is 0.160 e. The van der Waals surface area contributed by atoms with E-state index in [9.17, 15) is 0 Å². The monoisotopic (exact) mass is 593 g/mol. The number of aromatic nitrogens is 3. The van der Waals surface area contributed by atoms with E-state index in [-0.39, 0.29) is 0 Å². The van der Waals surface area contributed by atoms with Crippen molar-refractivity contribution in [3.05, 3.63) is 164 Å². The lowest BCUT2D eigenvalue weighted by Crippen LogP contribution is -1.96. The maximum absolute atomic E-state index is 5.06. The molecule has 0 aliphatic heterocycles. The number of hydrogen-bond acceptors (Lipinski definition) is 4. The summed E-state index contributed by atoms with van der Waals surface area (Å²) < 4.78 is 1.18. The van der Waals surface area contributed by atoms with Crippen molar-refractivity contribution in [2.45, 2.75) is 0 Å². The van der Waals surface area contributed by atoms with Crippen LogP contribution in [0.25, 0.3) is 76.9 Å². The Morgan fingerprint density at radius 2 is 0.778 bits per heavy atom. The molecular weight excluding hydrogens is 567 g/mol. The van der Waals surface area contributed by atoms with Crippen LogP contribution in [-0.2, 0) is 0 Å². The van der Waals surface area contributed by atoms with Gasteiger partial charge in [-0.3, -0.25) is 0 Å². The van der Waals surface area contributed by atoms with Gasteiger partial charge in [0.2, 0.25) is 0 Å². The summed E-state index contributed by atoms with van der Waals surface area (Å²) in [5, 5.41) is 1.04. The molecule has 6 aromatic carbocycles. The zero-order chi connectivity index (χ0) is 30.0. The normalized spacial score (nSPS) is 11.1. The van der Waals surface area contributed by atoms with E-state index in [4.69, 9.17) is 15.0 Å². The molecule has 0 amide bonds. The number of fused-ring (bicyclic) bond motifs is 1. The van der Waals surface area contributed by atoms with Gasteiger partial charge in [0.1, 0.15) is 5.01 Å². The van der Waals surface area contributed by atoms with Crippen molar-refractivity contribution in [1.82, 2.24) is 15.0 Å². The largest absolute Gasteiger partial charge is 0.236 e. The standard InChI is InChI=1S/C41H27N3S/c1-4-10-28(11-5-1)29-18-22-33(23-19-29)40-42-37(31-12-6-2-7-13-31)27-38(43-40)32-20-16-30(17-21-32)35-24-25-36-39(26-35)45-41(44-36)34-14-8-3-9-15-34/h1-27H. The molecule has 2 aromatic heterocycles. The molecule has 0 atom stereocenters. The zero-order valence-electron chi connectivity index (χ0n) is 24.3. The molecule has 2 heterocycles. The van der Waals surface area contributed by atoms with Crippen molar-refractivity contribution in [3.63, 3.8) is 0 Å². The molecule has 0 aliphatic rings. The second-order valence-corrected chi connectivity index (χ2v) is 11.9. The van der Waals surface area contributed by atoms with E-state index in [1.54, 1.807) is 11.3 Å². The predicted molar refractivity (Wildman–Crippen MR) is 188 cm³/mol. The molecule has 0 unspecified atom stereocenters. The van der Waals surface area contributed by atoms with E-state index in [1.807, 2.05) is 30.3 Å². The molecule has 0 radical (unpaired) electrons. The Kier molecular flexibility index (Phi) is 7.02. The molecule has 4 heteroatoms. The van der Waals surface area contributed by atoms with Gasteiger partial charge in [0.05, 0.1) is 21.6 Å². The number of nitrogens with zero attached hydrogens (tertiary/aromatic N) is 3. The molecule has 0 fully saturated rings. The highest BCUT2D eigenvalue weighted by Crippen LogP contribution is 2.34. The fraction of sp³-hybridized carbons (Fsp3) is 0. The average Bonchev–Trinajstić information content (AvgIpc) is 3.57. The molecular formula is C41H27N3S. The van der Waals surface area contributed by atoms with Crippen molar-refractivity contribution >= 4 is 21.6 Å². The Labute approximate surface area is 266 Å². The summed E-state index contributed by atoms with van der Waals surface area (Å²) in [4.78, 5) is 14.9. The molecule has 0 saturated heterocycles. The Bertz CT molecular complexity index is 2220. The van der Waals surface area contributed by atoms with Crippen molar-refractivity contribution in [2.24, 2.45) is 0 Å². The predicted octanol–water partition coefficient (Wildman–Crippen LogP) is 11.1. The molecule has 8 rings (SSSR count). The van der Waals surface area contributed by atoms with Crippen molar-refractivity contribution in [1.29, 1.82) is 0 Å². The van der Waals surface area contributed by atoms with E-state index in [0.29, 0.717) is 5.82 Å². The fourth-order valence-electron chi connectivity index (χ4n) is 5.57. The summed E-state index contributed by atoms with van der Waals surface area (Å²) in [5.41, 5.74) is 11.7. The Hall–Kier alpha value is -5.71. The minimum Gasteiger partial charge on any atom is -0.236 e. The van der Waals surface area contributed by atoms with Crippen LogP contribution < -0.4 is 0 Å². The number of hydrogen-bond donors (Lipinski definition) is 0. The summed E-state index contributed by atoms with van der Waals surface area (Å²) >= 11 is 1.73. The first-order valence-electron chi connectivity index (χ1n) is 14.9. The molecule has 0 aliphatic carbocycles. The molecule has 0 saturated carbocycles. The third kappa shape index (κ3) is 5.55. The van der Waals surface area contributed by atoms with E-state index >= 15 is 0 Å². The smallest absolute Gasteiger partial charge is 0.160 e. The summed E-state index contributed by atoms with van der Waals surface area (Å²) in [7, 11) is 0. The third-order valence-corrected chi connectivity index (χ3v) is 9.04. The first kappa shape index (κ1) is 26.9.